The first-order valence-electron chi connectivity index (χ1n) is 8.09. The van der Waals surface area contributed by atoms with Crippen LogP contribution in [0.4, 0.5) is 11.4 Å². The van der Waals surface area contributed by atoms with Gasteiger partial charge in [0.15, 0.2) is 18.1 Å². The number of nitro benzene ring substituents is 1. The van der Waals surface area contributed by atoms with Gasteiger partial charge in [-0.25, -0.2) is 0 Å². The van der Waals surface area contributed by atoms with E-state index in [-0.39, 0.29) is 22.8 Å². The fourth-order valence-electron chi connectivity index (χ4n) is 2.66. The summed E-state index contributed by atoms with van der Waals surface area (Å²) in [5, 5.41) is 21.0. The summed E-state index contributed by atoms with van der Waals surface area (Å²) in [6.45, 7) is -0.450. The average Bonchev–Trinajstić information content (AvgIpc) is 3.03. The van der Waals surface area contributed by atoms with E-state index in [1.807, 2.05) is 30.3 Å². The van der Waals surface area contributed by atoms with Crippen molar-refractivity contribution < 1.29 is 19.2 Å². The van der Waals surface area contributed by atoms with Gasteiger partial charge in [-0.05, 0) is 18.2 Å². The number of fused-ring (bicyclic) bond motifs is 1. The Labute approximate surface area is 165 Å². The van der Waals surface area contributed by atoms with Crippen LogP contribution in [0.3, 0.4) is 0 Å². The lowest BCUT2D eigenvalue weighted by Crippen LogP contribution is -2.19. The minimum Gasteiger partial charge on any atom is -0.493 e. The number of nitriles is 1. The smallest absolute Gasteiger partial charge is 0.273 e. The fourth-order valence-corrected chi connectivity index (χ4v) is 3.82. The van der Waals surface area contributed by atoms with Crippen molar-refractivity contribution in [2.24, 2.45) is 0 Å². The molecule has 0 amide bonds. The summed E-state index contributed by atoms with van der Waals surface area (Å²) in [6, 6.07) is 13.4. The van der Waals surface area contributed by atoms with E-state index in [4.69, 9.17) is 9.47 Å². The van der Waals surface area contributed by atoms with Crippen LogP contribution in [-0.4, -0.2) is 31.5 Å². The molecular weight excluding hydrogens is 382 g/mol. The van der Waals surface area contributed by atoms with Crippen molar-refractivity contribution in [1.82, 2.24) is 0 Å². The molecule has 8 nitrogen and oxygen atoms in total. The molecule has 0 saturated heterocycles. The van der Waals surface area contributed by atoms with Gasteiger partial charge in [-0.2, -0.15) is 5.26 Å². The zero-order valence-electron chi connectivity index (χ0n) is 15.0. The van der Waals surface area contributed by atoms with Gasteiger partial charge in [0.25, 0.3) is 5.69 Å². The van der Waals surface area contributed by atoms with Gasteiger partial charge in [-0.15, -0.1) is 0 Å². The number of nitrogens with zero attached hydrogens (tertiary/aromatic N) is 3. The maximum Gasteiger partial charge on any atom is 0.273 e. The first kappa shape index (κ1) is 19.3. The molecule has 1 aliphatic heterocycles. The zero-order chi connectivity index (χ0) is 20.3. The molecule has 0 saturated carbocycles. The van der Waals surface area contributed by atoms with Crippen molar-refractivity contribution in [2.45, 2.75) is 4.90 Å². The van der Waals surface area contributed by atoms with Crippen molar-refractivity contribution in [3.8, 4) is 17.6 Å². The minimum atomic E-state index is -0.571. The highest BCUT2D eigenvalue weighted by atomic mass is 32.2. The molecule has 0 unspecified atom stereocenters. The Kier molecular flexibility index (Phi) is 5.52. The average molecular weight is 397 g/mol. The number of methoxy groups -OCH3 is 1. The van der Waals surface area contributed by atoms with Crippen LogP contribution in [0.1, 0.15) is 0 Å². The summed E-state index contributed by atoms with van der Waals surface area (Å²) < 4.78 is 10.6. The van der Waals surface area contributed by atoms with Gasteiger partial charge in [-0.3, -0.25) is 14.9 Å². The topological polar surface area (TPSA) is 106 Å². The van der Waals surface area contributed by atoms with Crippen molar-refractivity contribution in [3.63, 3.8) is 0 Å². The van der Waals surface area contributed by atoms with E-state index in [2.05, 4.69) is 0 Å². The molecule has 0 bridgehead atoms. The van der Waals surface area contributed by atoms with E-state index in [1.165, 1.54) is 37.1 Å². The van der Waals surface area contributed by atoms with E-state index >= 15 is 0 Å². The lowest BCUT2D eigenvalue weighted by Gasteiger charge is -2.15. The van der Waals surface area contributed by atoms with Crippen molar-refractivity contribution >= 4 is 28.9 Å². The summed E-state index contributed by atoms with van der Waals surface area (Å²) >= 11 is 1.33. The Balaban J connectivity index is 1.83. The predicted molar refractivity (Wildman–Crippen MR) is 103 cm³/mol. The third-order valence-corrected chi connectivity index (χ3v) is 5.30. The van der Waals surface area contributed by atoms with Crippen molar-refractivity contribution in [2.75, 3.05) is 25.7 Å². The van der Waals surface area contributed by atoms with Crippen LogP contribution in [0.25, 0.3) is 0 Å². The molecule has 2 aromatic carbocycles. The number of anilines is 1. The molecule has 9 heteroatoms. The molecule has 28 heavy (non-hydrogen) atoms. The Bertz CT molecular complexity index is 1030. The SMILES string of the molecule is COc1ccc([N+](=O)[O-])cc1OCC(=O)/C(C#N)=C1\Sc2ccccc2N1C. The number of Topliss-reactive ketones (excluding diaryl/α,β-unsaturated/α-hetero) is 1. The molecule has 0 aromatic heterocycles. The quantitative estimate of drug-likeness (QED) is 0.315. The van der Waals surface area contributed by atoms with E-state index in [1.54, 1.807) is 11.9 Å². The predicted octanol–water partition coefficient (Wildman–Crippen LogP) is 3.53. The number of carbonyl (C=O) groups excluding carboxylic acids is 1. The number of ketones is 1. The number of para-hydroxylation sites is 1. The number of carbonyl (C=O) groups is 1. The molecule has 142 valence electrons. The normalized spacial score (nSPS) is 14.1. The highest BCUT2D eigenvalue weighted by molar-refractivity contribution is 8.03. The van der Waals surface area contributed by atoms with Crippen LogP contribution in [0.2, 0.25) is 0 Å². The molecule has 0 spiro atoms. The molecule has 0 N–H and O–H groups in total. The summed E-state index contributed by atoms with van der Waals surface area (Å²) in [4.78, 5) is 25.7. The Morgan fingerprint density at radius 2 is 2.04 bits per heavy atom. The highest BCUT2D eigenvalue weighted by Crippen LogP contribution is 2.46. The second-order valence-electron chi connectivity index (χ2n) is 5.72. The summed E-state index contributed by atoms with van der Waals surface area (Å²) in [7, 11) is 3.17. The summed E-state index contributed by atoms with van der Waals surface area (Å²) in [6.07, 6.45) is 0. The van der Waals surface area contributed by atoms with Gasteiger partial charge in [0.1, 0.15) is 16.7 Å². The Hall–Kier alpha value is -3.51. The van der Waals surface area contributed by atoms with Crippen LogP contribution < -0.4 is 14.4 Å². The van der Waals surface area contributed by atoms with Gasteiger partial charge < -0.3 is 14.4 Å². The molecule has 2 aromatic rings. The second-order valence-corrected chi connectivity index (χ2v) is 6.76. The van der Waals surface area contributed by atoms with Gasteiger partial charge in [-0.1, -0.05) is 23.9 Å². The highest BCUT2D eigenvalue weighted by Gasteiger charge is 2.28. The first-order valence-corrected chi connectivity index (χ1v) is 8.91. The monoisotopic (exact) mass is 397 g/mol. The molecule has 0 aliphatic carbocycles. The fraction of sp³-hybridized carbons (Fsp3) is 0.158. The van der Waals surface area contributed by atoms with Crippen LogP contribution in [0.5, 0.6) is 11.5 Å². The molecule has 0 fully saturated rings. The number of hydrogen-bond donors (Lipinski definition) is 0. The zero-order valence-corrected chi connectivity index (χ0v) is 15.9. The van der Waals surface area contributed by atoms with Gasteiger partial charge in [0.05, 0.1) is 23.8 Å². The third kappa shape index (κ3) is 3.63. The van der Waals surface area contributed by atoms with Crippen LogP contribution in [-0.2, 0) is 4.79 Å². The molecule has 0 radical (unpaired) electrons. The number of non-ortho nitro benzene ring substituents is 1. The van der Waals surface area contributed by atoms with Crippen LogP contribution in [0, 0.1) is 21.4 Å². The standard InChI is InChI=1S/C19H15N3O5S/c1-21-14-5-3-4-6-18(14)28-19(21)13(10-20)15(23)11-27-17-9-12(22(24)25)7-8-16(17)26-2/h3-9H,11H2,1-2H3/b19-13-. The lowest BCUT2D eigenvalue weighted by atomic mass is 10.2. The molecule has 1 heterocycles. The molecular formula is C19H15N3O5S. The van der Waals surface area contributed by atoms with Gasteiger partial charge in [0.2, 0.25) is 5.78 Å². The van der Waals surface area contributed by atoms with Crippen LogP contribution in [0.15, 0.2) is 58.0 Å². The summed E-state index contributed by atoms with van der Waals surface area (Å²) in [5.41, 5.74) is 0.682. The number of thioether (sulfide) groups is 1. The maximum atomic E-state index is 12.6. The molecule has 1 aliphatic rings. The number of benzene rings is 2. The largest absolute Gasteiger partial charge is 0.493 e. The minimum absolute atomic E-state index is 0.0342. The summed E-state index contributed by atoms with van der Waals surface area (Å²) in [5.74, 6) is -0.217. The Morgan fingerprint density at radius 3 is 2.68 bits per heavy atom. The number of nitro groups is 1. The number of hydrogen-bond acceptors (Lipinski definition) is 8. The van der Waals surface area contributed by atoms with E-state index < -0.39 is 17.3 Å². The van der Waals surface area contributed by atoms with Crippen molar-refractivity contribution in [1.29, 1.82) is 5.26 Å². The van der Waals surface area contributed by atoms with Crippen LogP contribution >= 0.6 is 11.8 Å². The molecule has 0 atom stereocenters. The van der Waals surface area contributed by atoms with Gasteiger partial charge in [0, 0.05) is 18.0 Å². The molecule has 3 rings (SSSR count). The third-order valence-electron chi connectivity index (χ3n) is 4.06. The van der Waals surface area contributed by atoms with Gasteiger partial charge >= 0.3 is 0 Å². The second kappa shape index (κ2) is 8.02. The van der Waals surface area contributed by atoms with Crippen molar-refractivity contribution in [3.05, 3.63) is 63.2 Å². The maximum absolute atomic E-state index is 12.6. The lowest BCUT2D eigenvalue weighted by molar-refractivity contribution is -0.385. The first-order chi connectivity index (χ1) is 13.5. The number of rotatable bonds is 6. The van der Waals surface area contributed by atoms with E-state index in [9.17, 15) is 20.2 Å². The Morgan fingerprint density at radius 1 is 1.29 bits per heavy atom. The van der Waals surface area contributed by atoms with E-state index in [0.717, 1.165) is 10.6 Å². The number of ether oxygens (including phenoxy) is 2. The van der Waals surface area contributed by atoms with E-state index in [0.29, 0.717) is 5.03 Å².